The molecule has 0 aliphatic rings. The largest absolute Gasteiger partial charge is 0.507 e. The summed E-state index contributed by atoms with van der Waals surface area (Å²) in [5.74, 6) is -0.241. The van der Waals surface area contributed by atoms with Gasteiger partial charge in [0.1, 0.15) is 17.5 Å². The smallest absolute Gasteiger partial charge is 0.326 e. The van der Waals surface area contributed by atoms with Gasteiger partial charge in [-0.05, 0) is 104 Å². The minimum Gasteiger partial charge on any atom is -0.507 e. The number of hydrogen-bond donors (Lipinski definition) is 4. The third kappa shape index (κ3) is 6.32. The summed E-state index contributed by atoms with van der Waals surface area (Å²) < 4.78 is 8.20. The molecule has 0 saturated carbocycles. The van der Waals surface area contributed by atoms with E-state index in [1.54, 1.807) is 18.2 Å². The monoisotopic (exact) mass is 708 g/mol. The Labute approximate surface area is 196 Å². The topological polar surface area (TPSA) is 122 Å². The minimum absolute atomic E-state index is 0.129. The summed E-state index contributed by atoms with van der Waals surface area (Å²) in [6, 6.07) is 7.52. The third-order valence-electron chi connectivity index (χ3n) is 3.46. The number of nitrogens with two attached hydrogens (primary N) is 1. The predicted octanol–water partition coefficient (Wildman–Crippen LogP) is 3.07. The summed E-state index contributed by atoms with van der Waals surface area (Å²) in [7, 11) is 0. The van der Waals surface area contributed by atoms with E-state index in [0.717, 1.165) is 12.7 Å². The highest BCUT2D eigenvalue weighted by Gasteiger charge is 2.21. The quantitative estimate of drug-likeness (QED) is 0.329. The number of phenols is 1. The van der Waals surface area contributed by atoms with Gasteiger partial charge in [-0.3, -0.25) is 4.79 Å². The Balaban J connectivity index is 2.23. The molecule has 1 amide bonds. The summed E-state index contributed by atoms with van der Waals surface area (Å²) in [6.07, 6.45) is 0.129. The first-order chi connectivity index (χ1) is 12.7. The Kier molecular flexibility index (Phi) is 8.36. The van der Waals surface area contributed by atoms with Crippen LogP contribution in [-0.4, -0.2) is 34.7 Å². The van der Waals surface area contributed by atoms with Crippen LogP contribution < -0.4 is 15.8 Å². The first-order valence-electron chi connectivity index (χ1n) is 7.57. The Morgan fingerprint density at radius 3 is 2.26 bits per heavy atom. The van der Waals surface area contributed by atoms with Crippen LogP contribution in [0.1, 0.15) is 5.56 Å². The first-order valence-corrected chi connectivity index (χ1v) is 10.8. The van der Waals surface area contributed by atoms with Crippen molar-refractivity contribution in [2.24, 2.45) is 5.73 Å². The number of aromatic hydroxyl groups is 1. The van der Waals surface area contributed by atoms with E-state index in [1.165, 1.54) is 0 Å². The number of amides is 1. The van der Waals surface area contributed by atoms with Crippen LogP contribution in [0.25, 0.3) is 0 Å². The molecule has 10 heteroatoms. The number of halogens is 3. The number of carbonyl (C=O) groups excluding carboxylic acids is 1. The molecule has 7 nitrogen and oxygen atoms in total. The van der Waals surface area contributed by atoms with Crippen LogP contribution in [0.15, 0.2) is 30.3 Å². The summed E-state index contributed by atoms with van der Waals surface area (Å²) in [4.78, 5) is 22.8. The molecule has 0 saturated heterocycles. The number of benzene rings is 2. The molecule has 1 atom stereocenters. The van der Waals surface area contributed by atoms with Gasteiger partial charge < -0.3 is 26.0 Å². The number of carboxylic acids is 1. The van der Waals surface area contributed by atoms with Crippen molar-refractivity contribution in [2.75, 3.05) is 6.54 Å². The molecule has 2 rings (SSSR count). The van der Waals surface area contributed by atoms with Crippen LogP contribution in [0.3, 0.4) is 0 Å². The Morgan fingerprint density at radius 1 is 1.11 bits per heavy atom. The van der Waals surface area contributed by atoms with Gasteiger partial charge in [0.2, 0.25) is 5.91 Å². The molecule has 0 radical (unpaired) electrons. The van der Waals surface area contributed by atoms with Crippen LogP contribution >= 0.6 is 67.8 Å². The maximum absolute atomic E-state index is 11.4. The van der Waals surface area contributed by atoms with Gasteiger partial charge in [-0.25, -0.2) is 4.79 Å². The van der Waals surface area contributed by atoms with E-state index in [4.69, 9.17) is 10.5 Å². The average Bonchev–Trinajstić information content (AvgIpc) is 2.60. The molecule has 0 aliphatic carbocycles. The molecule has 0 aromatic heterocycles. The first kappa shape index (κ1) is 22.4. The molecule has 5 N–H and O–H groups in total. The van der Waals surface area contributed by atoms with Gasteiger partial charge in [0, 0.05) is 6.42 Å². The number of hydrogen-bond acceptors (Lipinski definition) is 5. The lowest BCUT2D eigenvalue weighted by Gasteiger charge is -2.16. The van der Waals surface area contributed by atoms with Gasteiger partial charge in [0.25, 0.3) is 0 Å². The second kappa shape index (κ2) is 10.1. The van der Waals surface area contributed by atoms with Crippen molar-refractivity contribution in [1.29, 1.82) is 0 Å². The molecule has 0 aliphatic heterocycles. The van der Waals surface area contributed by atoms with Crippen LogP contribution in [0.5, 0.6) is 17.2 Å². The number of ether oxygens (including phenoxy) is 1. The van der Waals surface area contributed by atoms with Gasteiger partial charge in [-0.1, -0.05) is 0 Å². The van der Waals surface area contributed by atoms with Crippen molar-refractivity contribution >= 4 is 79.6 Å². The van der Waals surface area contributed by atoms with Crippen molar-refractivity contribution in [3.05, 3.63) is 46.6 Å². The Morgan fingerprint density at radius 2 is 1.74 bits per heavy atom. The summed E-state index contributed by atoms with van der Waals surface area (Å²) >= 11 is 6.24. The van der Waals surface area contributed by atoms with Crippen LogP contribution in [0, 0.1) is 10.7 Å². The summed E-state index contributed by atoms with van der Waals surface area (Å²) in [5.41, 5.74) is 5.99. The van der Waals surface area contributed by atoms with Crippen LogP contribution in [0.4, 0.5) is 0 Å². The number of carboxylic acid groups (broad SMARTS) is 1. The fraction of sp³-hybridized carbons (Fsp3) is 0.176. The zero-order valence-electron chi connectivity index (χ0n) is 13.7. The van der Waals surface area contributed by atoms with E-state index in [-0.39, 0.29) is 18.7 Å². The van der Waals surface area contributed by atoms with E-state index in [1.807, 2.05) is 34.7 Å². The summed E-state index contributed by atoms with van der Waals surface area (Å²) in [6.45, 7) is -0.267. The summed E-state index contributed by atoms with van der Waals surface area (Å²) in [5, 5.41) is 21.3. The van der Waals surface area contributed by atoms with Gasteiger partial charge >= 0.3 is 5.97 Å². The minimum atomic E-state index is -1.12. The number of rotatable bonds is 7. The number of carbonyl (C=O) groups is 2. The molecular formula is C17H15I3N2O5. The SMILES string of the molecule is NCC(=O)N[C@@H](Cc1cc(I)c(Oc2ccc(O)c(I)c2)c(I)c1)C(=O)O. The zero-order valence-corrected chi connectivity index (χ0v) is 20.2. The maximum atomic E-state index is 11.4. The lowest BCUT2D eigenvalue weighted by atomic mass is 10.1. The van der Waals surface area contributed by atoms with Crippen molar-refractivity contribution < 1.29 is 24.5 Å². The molecule has 144 valence electrons. The number of nitrogens with one attached hydrogen (secondary N) is 1. The molecular weight excluding hydrogens is 693 g/mol. The zero-order chi connectivity index (χ0) is 20.1. The van der Waals surface area contributed by atoms with Gasteiger partial charge in [0.05, 0.1) is 17.3 Å². The molecule has 0 fully saturated rings. The second-order valence-electron chi connectivity index (χ2n) is 5.47. The van der Waals surface area contributed by atoms with Crippen LogP contribution in [0.2, 0.25) is 0 Å². The Bertz CT molecular complexity index is 853. The lowest BCUT2D eigenvalue weighted by Crippen LogP contribution is -2.44. The molecule has 0 spiro atoms. The van der Waals surface area contributed by atoms with Crippen molar-refractivity contribution in [2.45, 2.75) is 12.5 Å². The third-order valence-corrected chi connectivity index (χ3v) is 5.92. The van der Waals surface area contributed by atoms with Crippen LogP contribution in [-0.2, 0) is 16.0 Å². The normalized spacial score (nSPS) is 11.7. The maximum Gasteiger partial charge on any atom is 0.326 e. The van der Waals surface area contributed by atoms with E-state index in [9.17, 15) is 19.8 Å². The van der Waals surface area contributed by atoms with Gasteiger partial charge in [-0.15, -0.1) is 0 Å². The van der Waals surface area contributed by atoms with E-state index in [0.29, 0.717) is 15.1 Å². The molecule has 0 heterocycles. The fourth-order valence-corrected chi connectivity index (χ4v) is 4.79. The van der Waals surface area contributed by atoms with E-state index in [2.05, 4.69) is 50.5 Å². The van der Waals surface area contributed by atoms with Gasteiger partial charge in [0.15, 0.2) is 5.75 Å². The lowest BCUT2D eigenvalue weighted by molar-refractivity contribution is -0.141. The molecule has 0 bridgehead atoms. The molecule has 0 unspecified atom stereocenters. The highest BCUT2D eigenvalue weighted by molar-refractivity contribution is 14.1. The van der Waals surface area contributed by atoms with Gasteiger partial charge in [-0.2, -0.15) is 0 Å². The van der Waals surface area contributed by atoms with Crippen molar-refractivity contribution in [3.63, 3.8) is 0 Å². The number of phenolic OH excluding ortho intramolecular Hbond substituents is 1. The molecule has 2 aromatic carbocycles. The molecule has 27 heavy (non-hydrogen) atoms. The fourth-order valence-electron chi connectivity index (χ4n) is 2.19. The molecule has 2 aromatic rings. The van der Waals surface area contributed by atoms with E-state index < -0.39 is 17.9 Å². The van der Waals surface area contributed by atoms with E-state index >= 15 is 0 Å². The highest BCUT2D eigenvalue weighted by atomic mass is 127. The Hall–Kier alpha value is -0.870. The van der Waals surface area contributed by atoms with Crippen molar-refractivity contribution in [1.82, 2.24) is 5.32 Å². The average molecular weight is 708 g/mol. The van der Waals surface area contributed by atoms with Crippen molar-refractivity contribution in [3.8, 4) is 17.2 Å². The second-order valence-corrected chi connectivity index (χ2v) is 8.96. The standard InChI is InChI=1S/C17H15I3N2O5/c18-10-6-9(1-2-14(10)23)27-16-11(19)3-8(4-12(16)20)5-13(17(25)26)22-15(24)7-21/h1-4,6,13,23H,5,7,21H2,(H,22,24)(H,25,26)/t13-/m0/s1. The highest BCUT2D eigenvalue weighted by Crippen LogP contribution is 2.35. The number of aliphatic carboxylic acids is 1. The predicted molar refractivity (Wildman–Crippen MR) is 125 cm³/mol.